The van der Waals surface area contributed by atoms with Gasteiger partial charge in [-0.25, -0.2) is 0 Å². The molecule has 2 unspecified atom stereocenters. The van der Waals surface area contributed by atoms with Crippen molar-refractivity contribution in [3.63, 3.8) is 0 Å². The van der Waals surface area contributed by atoms with Crippen LogP contribution in [0.5, 0.6) is 0 Å². The number of aliphatic hydroxyl groups is 1. The van der Waals surface area contributed by atoms with Gasteiger partial charge in [-0.15, -0.1) is 0 Å². The van der Waals surface area contributed by atoms with Gasteiger partial charge in [0, 0.05) is 5.92 Å². The van der Waals surface area contributed by atoms with Gasteiger partial charge in [0.2, 0.25) is 0 Å². The minimum absolute atomic E-state index is 0.165. The summed E-state index contributed by atoms with van der Waals surface area (Å²) in [6, 6.07) is 7.97. The predicted molar refractivity (Wildman–Crippen MR) is 59.0 cm³/mol. The topological polar surface area (TPSA) is 46.2 Å². The minimum Gasteiger partial charge on any atom is -0.388 e. The molecule has 0 aliphatic heterocycles. The van der Waals surface area contributed by atoms with Crippen LogP contribution < -0.4 is 5.73 Å². The maximum Gasteiger partial charge on any atom is 0.0830 e. The Hall–Kier alpha value is -0.860. The Morgan fingerprint density at radius 2 is 1.86 bits per heavy atom. The van der Waals surface area contributed by atoms with Crippen molar-refractivity contribution >= 4 is 0 Å². The van der Waals surface area contributed by atoms with E-state index in [1.807, 2.05) is 31.2 Å². The summed E-state index contributed by atoms with van der Waals surface area (Å²) in [5.41, 5.74) is 7.77. The fraction of sp³-hybridized carbons (Fsp3) is 0.500. The van der Waals surface area contributed by atoms with Gasteiger partial charge >= 0.3 is 0 Å². The molecule has 2 nitrogen and oxygen atoms in total. The first kappa shape index (κ1) is 11.2. The van der Waals surface area contributed by atoms with Crippen LogP contribution in [0, 0.1) is 12.8 Å². The molecule has 2 atom stereocenters. The Morgan fingerprint density at radius 1 is 1.29 bits per heavy atom. The van der Waals surface area contributed by atoms with E-state index < -0.39 is 6.10 Å². The van der Waals surface area contributed by atoms with E-state index in [0.29, 0.717) is 6.54 Å². The normalized spacial score (nSPS) is 15.1. The summed E-state index contributed by atoms with van der Waals surface area (Å²) in [5.74, 6) is 0.165. The number of hydrogen-bond donors (Lipinski definition) is 2. The standard InChI is InChI=1S/C12H19NO/c1-3-10(8-13)12(14)11-6-4-9(2)5-7-11/h4-7,10,12,14H,3,8,13H2,1-2H3. The van der Waals surface area contributed by atoms with Crippen molar-refractivity contribution in [1.29, 1.82) is 0 Å². The number of aryl methyl sites for hydroxylation is 1. The molecule has 78 valence electrons. The Labute approximate surface area is 85.8 Å². The number of nitrogens with two attached hydrogens (primary N) is 1. The zero-order valence-corrected chi connectivity index (χ0v) is 8.90. The van der Waals surface area contributed by atoms with Gasteiger partial charge in [-0.1, -0.05) is 36.8 Å². The smallest absolute Gasteiger partial charge is 0.0830 e. The first-order valence-electron chi connectivity index (χ1n) is 5.13. The maximum absolute atomic E-state index is 9.99. The molecule has 0 heterocycles. The zero-order chi connectivity index (χ0) is 10.6. The molecule has 0 aliphatic rings. The number of rotatable bonds is 4. The summed E-state index contributed by atoms with van der Waals surface area (Å²) in [4.78, 5) is 0. The van der Waals surface area contributed by atoms with Gasteiger partial charge in [-0.3, -0.25) is 0 Å². The predicted octanol–water partition coefficient (Wildman–Crippen LogP) is 2.01. The highest BCUT2D eigenvalue weighted by Crippen LogP contribution is 2.23. The number of hydrogen-bond acceptors (Lipinski definition) is 2. The first-order chi connectivity index (χ1) is 6.69. The van der Waals surface area contributed by atoms with Crippen molar-refractivity contribution in [2.75, 3.05) is 6.54 Å². The van der Waals surface area contributed by atoms with Crippen molar-refractivity contribution in [2.45, 2.75) is 26.4 Å². The third-order valence-corrected chi connectivity index (χ3v) is 2.69. The quantitative estimate of drug-likeness (QED) is 0.768. The summed E-state index contributed by atoms with van der Waals surface area (Å²) < 4.78 is 0. The highest BCUT2D eigenvalue weighted by atomic mass is 16.3. The molecule has 14 heavy (non-hydrogen) atoms. The fourth-order valence-corrected chi connectivity index (χ4v) is 1.55. The van der Waals surface area contributed by atoms with Crippen LogP contribution in [0.15, 0.2) is 24.3 Å². The highest BCUT2D eigenvalue weighted by Gasteiger charge is 2.17. The molecule has 0 aromatic heterocycles. The van der Waals surface area contributed by atoms with Crippen molar-refractivity contribution in [2.24, 2.45) is 11.7 Å². The van der Waals surface area contributed by atoms with Crippen LogP contribution in [0.2, 0.25) is 0 Å². The summed E-state index contributed by atoms with van der Waals surface area (Å²) in [6.45, 7) is 4.62. The summed E-state index contributed by atoms with van der Waals surface area (Å²) in [6.07, 6.45) is 0.483. The Kier molecular flexibility index (Phi) is 4.11. The van der Waals surface area contributed by atoms with E-state index in [4.69, 9.17) is 5.73 Å². The second-order valence-electron chi connectivity index (χ2n) is 3.76. The molecule has 0 spiro atoms. The van der Waals surface area contributed by atoms with Crippen LogP contribution in [0.4, 0.5) is 0 Å². The van der Waals surface area contributed by atoms with Crippen molar-refractivity contribution in [3.05, 3.63) is 35.4 Å². The lowest BCUT2D eigenvalue weighted by Gasteiger charge is -2.20. The third-order valence-electron chi connectivity index (χ3n) is 2.69. The van der Waals surface area contributed by atoms with Crippen LogP contribution in [-0.2, 0) is 0 Å². The second kappa shape index (κ2) is 5.13. The van der Waals surface area contributed by atoms with E-state index in [9.17, 15) is 5.11 Å². The maximum atomic E-state index is 9.99. The van der Waals surface area contributed by atoms with E-state index in [0.717, 1.165) is 12.0 Å². The van der Waals surface area contributed by atoms with Crippen LogP contribution in [0.3, 0.4) is 0 Å². The number of aliphatic hydroxyl groups excluding tert-OH is 1. The Balaban J connectivity index is 2.77. The first-order valence-corrected chi connectivity index (χ1v) is 5.13. The molecule has 1 aromatic carbocycles. The van der Waals surface area contributed by atoms with Crippen LogP contribution in [0.1, 0.15) is 30.6 Å². The van der Waals surface area contributed by atoms with Gasteiger partial charge in [-0.2, -0.15) is 0 Å². The van der Waals surface area contributed by atoms with Gasteiger partial charge in [0.15, 0.2) is 0 Å². The summed E-state index contributed by atoms with van der Waals surface area (Å²) in [5, 5.41) is 9.99. The molecule has 0 saturated carbocycles. The van der Waals surface area contributed by atoms with E-state index in [1.165, 1.54) is 5.56 Å². The molecule has 2 heteroatoms. The van der Waals surface area contributed by atoms with Gasteiger partial charge in [0.05, 0.1) is 6.10 Å². The Morgan fingerprint density at radius 3 is 2.29 bits per heavy atom. The van der Waals surface area contributed by atoms with Crippen molar-refractivity contribution in [1.82, 2.24) is 0 Å². The lowest BCUT2D eigenvalue weighted by Crippen LogP contribution is -2.21. The van der Waals surface area contributed by atoms with Crippen molar-refractivity contribution in [3.8, 4) is 0 Å². The van der Waals surface area contributed by atoms with Crippen molar-refractivity contribution < 1.29 is 5.11 Å². The largest absolute Gasteiger partial charge is 0.388 e. The molecule has 0 bridgehead atoms. The lowest BCUT2D eigenvalue weighted by molar-refractivity contribution is 0.110. The second-order valence-corrected chi connectivity index (χ2v) is 3.76. The van der Waals surface area contributed by atoms with Crippen LogP contribution in [0.25, 0.3) is 0 Å². The molecule has 3 N–H and O–H groups in total. The molecule has 0 saturated heterocycles. The highest BCUT2D eigenvalue weighted by molar-refractivity contribution is 5.23. The molecular weight excluding hydrogens is 174 g/mol. The average Bonchev–Trinajstić information content (AvgIpc) is 2.20. The minimum atomic E-state index is -0.425. The van der Waals surface area contributed by atoms with Gasteiger partial charge in [0.25, 0.3) is 0 Å². The van der Waals surface area contributed by atoms with Gasteiger partial charge in [0.1, 0.15) is 0 Å². The molecule has 0 amide bonds. The van der Waals surface area contributed by atoms with E-state index in [-0.39, 0.29) is 5.92 Å². The van der Waals surface area contributed by atoms with Gasteiger partial charge in [-0.05, 0) is 25.5 Å². The van der Waals surface area contributed by atoms with E-state index in [1.54, 1.807) is 0 Å². The van der Waals surface area contributed by atoms with Crippen LogP contribution in [-0.4, -0.2) is 11.7 Å². The number of benzene rings is 1. The molecular formula is C12H19NO. The van der Waals surface area contributed by atoms with Crippen LogP contribution >= 0.6 is 0 Å². The third kappa shape index (κ3) is 2.56. The lowest BCUT2D eigenvalue weighted by atomic mass is 9.93. The molecule has 0 aliphatic carbocycles. The molecule has 0 radical (unpaired) electrons. The van der Waals surface area contributed by atoms with Gasteiger partial charge < -0.3 is 10.8 Å². The molecule has 1 aromatic rings. The monoisotopic (exact) mass is 193 g/mol. The van der Waals surface area contributed by atoms with E-state index >= 15 is 0 Å². The summed E-state index contributed by atoms with van der Waals surface area (Å²) >= 11 is 0. The molecule has 0 fully saturated rings. The zero-order valence-electron chi connectivity index (χ0n) is 8.90. The fourth-order valence-electron chi connectivity index (χ4n) is 1.55. The van der Waals surface area contributed by atoms with E-state index in [2.05, 4.69) is 6.92 Å². The SMILES string of the molecule is CCC(CN)C(O)c1ccc(C)cc1. The average molecular weight is 193 g/mol. The summed E-state index contributed by atoms with van der Waals surface area (Å²) in [7, 11) is 0. The Bertz CT molecular complexity index is 264. The molecule has 1 rings (SSSR count).